The lowest BCUT2D eigenvalue weighted by atomic mass is 10.0. The fourth-order valence-corrected chi connectivity index (χ4v) is 2.23. The molecule has 1 saturated heterocycles. The molecule has 1 aliphatic heterocycles. The maximum Gasteiger partial charge on any atom is 0.245 e. The maximum absolute atomic E-state index is 12.1. The van der Waals surface area contributed by atoms with Crippen LogP contribution in [0.4, 0.5) is 5.82 Å². The van der Waals surface area contributed by atoms with Gasteiger partial charge in [-0.05, 0) is 26.3 Å². The van der Waals surface area contributed by atoms with Crippen LogP contribution in [0.5, 0.6) is 0 Å². The van der Waals surface area contributed by atoms with Gasteiger partial charge in [0, 0.05) is 13.1 Å². The molecule has 0 spiro atoms. The first-order chi connectivity index (χ1) is 9.56. The van der Waals surface area contributed by atoms with Gasteiger partial charge in [0.1, 0.15) is 5.76 Å². The summed E-state index contributed by atoms with van der Waals surface area (Å²) < 4.78 is 4.86. The van der Waals surface area contributed by atoms with Gasteiger partial charge in [-0.3, -0.25) is 9.59 Å². The van der Waals surface area contributed by atoms with Crippen LogP contribution in [0.3, 0.4) is 0 Å². The van der Waals surface area contributed by atoms with E-state index in [2.05, 4.69) is 15.8 Å². The van der Waals surface area contributed by atoms with Crippen molar-refractivity contribution < 1.29 is 14.1 Å². The van der Waals surface area contributed by atoms with E-state index in [-0.39, 0.29) is 24.4 Å². The summed E-state index contributed by atoms with van der Waals surface area (Å²) in [5.41, 5.74) is 0. The van der Waals surface area contributed by atoms with Gasteiger partial charge in [-0.1, -0.05) is 11.6 Å². The molecule has 0 aromatic carbocycles. The molecule has 7 heteroatoms. The van der Waals surface area contributed by atoms with Crippen molar-refractivity contribution in [2.24, 2.45) is 0 Å². The Labute approximate surface area is 117 Å². The number of anilines is 1. The Hall–Kier alpha value is -1.89. The molecule has 1 aromatic rings. The van der Waals surface area contributed by atoms with Crippen LogP contribution in [0, 0.1) is 6.92 Å². The Morgan fingerprint density at radius 1 is 1.55 bits per heavy atom. The predicted molar refractivity (Wildman–Crippen MR) is 73.1 cm³/mol. The summed E-state index contributed by atoms with van der Waals surface area (Å²) in [4.78, 5) is 25.4. The number of carbonyl (C=O) groups excluding carboxylic acids is 2. The highest BCUT2D eigenvalue weighted by atomic mass is 16.5. The molecule has 1 aliphatic rings. The lowest BCUT2D eigenvalue weighted by Crippen LogP contribution is -2.49. The third-order valence-electron chi connectivity index (χ3n) is 3.26. The topological polar surface area (TPSA) is 87.5 Å². The lowest BCUT2D eigenvalue weighted by Gasteiger charge is -2.27. The maximum atomic E-state index is 12.1. The summed E-state index contributed by atoms with van der Waals surface area (Å²) in [5.74, 6) is 0.654. The number of hydrogen-bond donors (Lipinski definition) is 2. The third-order valence-corrected chi connectivity index (χ3v) is 3.26. The highest BCUT2D eigenvalue weighted by molar-refractivity contribution is 5.94. The third kappa shape index (κ3) is 3.80. The van der Waals surface area contributed by atoms with Gasteiger partial charge in [0.2, 0.25) is 11.8 Å². The zero-order valence-electron chi connectivity index (χ0n) is 11.8. The van der Waals surface area contributed by atoms with E-state index < -0.39 is 0 Å². The van der Waals surface area contributed by atoms with Gasteiger partial charge in [0.15, 0.2) is 5.82 Å². The van der Waals surface area contributed by atoms with Crippen LogP contribution in [0.1, 0.15) is 25.0 Å². The molecule has 1 aromatic heterocycles. The number of nitrogens with one attached hydrogen (secondary N) is 2. The van der Waals surface area contributed by atoms with Crippen LogP contribution in [0.15, 0.2) is 10.6 Å². The van der Waals surface area contributed by atoms with E-state index in [4.69, 9.17) is 4.52 Å². The summed E-state index contributed by atoms with van der Waals surface area (Å²) in [6.07, 6.45) is 2.97. The van der Waals surface area contributed by atoms with Crippen LogP contribution in [-0.2, 0) is 9.59 Å². The van der Waals surface area contributed by atoms with Crippen molar-refractivity contribution in [2.75, 3.05) is 25.5 Å². The number of piperidine rings is 1. The minimum Gasteiger partial charge on any atom is -0.360 e. The molecule has 20 heavy (non-hydrogen) atoms. The Bertz CT molecular complexity index is 480. The second kappa shape index (κ2) is 6.51. The molecule has 0 bridgehead atoms. The van der Waals surface area contributed by atoms with Gasteiger partial charge in [0.25, 0.3) is 0 Å². The van der Waals surface area contributed by atoms with Crippen molar-refractivity contribution in [2.45, 2.75) is 32.2 Å². The molecule has 1 atom stereocenters. The zero-order valence-corrected chi connectivity index (χ0v) is 11.8. The van der Waals surface area contributed by atoms with Crippen molar-refractivity contribution in [3.05, 3.63) is 11.8 Å². The van der Waals surface area contributed by atoms with Gasteiger partial charge in [-0.15, -0.1) is 0 Å². The van der Waals surface area contributed by atoms with Crippen LogP contribution >= 0.6 is 0 Å². The average molecular weight is 280 g/mol. The van der Waals surface area contributed by atoms with Crippen molar-refractivity contribution in [1.29, 1.82) is 0 Å². The van der Waals surface area contributed by atoms with E-state index in [0.29, 0.717) is 11.6 Å². The monoisotopic (exact) mass is 280 g/mol. The first-order valence-corrected chi connectivity index (χ1v) is 6.78. The van der Waals surface area contributed by atoms with Crippen LogP contribution in [0.25, 0.3) is 0 Å². The molecule has 2 heterocycles. The van der Waals surface area contributed by atoms with Gasteiger partial charge >= 0.3 is 0 Å². The standard InChI is InChI=1S/C13H20N4O3/c1-9-7-11(16-20-9)15-12(18)8-17(2)13(19)10-5-3-4-6-14-10/h7,10,14H,3-6,8H2,1-2H3,(H,15,16,18). The summed E-state index contributed by atoms with van der Waals surface area (Å²) in [5, 5.41) is 9.44. The smallest absolute Gasteiger partial charge is 0.245 e. The molecule has 7 nitrogen and oxygen atoms in total. The van der Waals surface area contributed by atoms with Crippen molar-refractivity contribution in [3.63, 3.8) is 0 Å². The van der Waals surface area contributed by atoms with E-state index >= 15 is 0 Å². The Morgan fingerprint density at radius 2 is 2.35 bits per heavy atom. The number of amides is 2. The number of rotatable bonds is 4. The minimum atomic E-state index is -0.287. The molecule has 1 fully saturated rings. The summed E-state index contributed by atoms with van der Waals surface area (Å²) in [6.45, 7) is 2.60. The number of carbonyl (C=O) groups is 2. The fraction of sp³-hybridized carbons (Fsp3) is 0.615. The van der Waals surface area contributed by atoms with Crippen LogP contribution in [0.2, 0.25) is 0 Å². The van der Waals surface area contributed by atoms with Gasteiger partial charge in [-0.2, -0.15) is 0 Å². The van der Waals surface area contributed by atoms with E-state index in [1.807, 2.05) is 0 Å². The SMILES string of the molecule is Cc1cc(NC(=O)CN(C)C(=O)C2CCCCN2)no1. The Morgan fingerprint density at radius 3 is 2.95 bits per heavy atom. The van der Waals surface area contributed by atoms with E-state index in [1.165, 1.54) is 4.90 Å². The van der Waals surface area contributed by atoms with E-state index in [1.54, 1.807) is 20.0 Å². The highest BCUT2D eigenvalue weighted by Gasteiger charge is 2.24. The summed E-state index contributed by atoms with van der Waals surface area (Å²) >= 11 is 0. The normalized spacial score (nSPS) is 18.6. The summed E-state index contributed by atoms with van der Waals surface area (Å²) in [6, 6.07) is 1.46. The number of aryl methyl sites for hydroxylation is 1. The van der Waals surface area contributed by atoms with Gasteiger partial charge in [-0.25, -0.2) is 0 Å². The first-order valence-electron chi connectivity index (χ1n) is 6.78. The molecule has 0 radical (unpaired) electrons. The second-order valence-electron chi connectivity index (χ2n) is 5.07. The molecule has 0 saturated carbocycles. The van der Waals surface area contributed by atoms with Crippen LogP contribution < -0.4 is 10.6 Å². The quantitative estimate of drug-likeness (QED) is 0.839. The lowest BCUT2D eigenvalue weighted by molar-refractivity contribution is -0.135. The summed E-state index contributed by atoms with van der Waals surface area (Å²) in [7, 11) is 1.63. The van der Waals surface area contributed by atoms with Gasteiger partial charge in [0.05, 0.1) is 12.6 Å². The van der Waals surface area contributed by atoms with Crippen molar-refractivity contribution >= 4 is 17.6 Å². The fourth-order valence-electron chi connectivity index (χ4n) is 2.23. The molecular formula is C13H20N4O3. The Kier molecular flexibility index (Phi) is 4.73. The molecule has 2 amide bonds. The average Bonchev–Trinajstić information content (AvgIpc) is 2.84. The Balaban J connectivity index is 1.82. The largest absolute Gasteiger partial charge is 0.360 e. The second-order valence-corrected chi connectivity index (χ2v) is 5.07. The molecular weight excluding hydrogens is 260 g/mol. The number of likely N-dealkylation sites (N-methyl/N-ethyl adjacent to an activating group) is 1. The number of nitrogens with zero attached hydrogens (tertiary/aromatic N) is 2. The number of hydrogen-bond acceptors (Lipinski definition) is 5. The van der Waals surface area contributed by atoms with E-state index in [9.17, 15) is 9.59 Å². The van der Waals surface area contributed by atoms with Crippen molar-refractivity contribution in [3.8, 4) is 0 Å². The molecule has 2 rings (SSSR count). The number of aromatic nitrogens is 1. The predicted octanol–water partition coefficient (Wildman–Crippen LogP) is 0.522. The van der Waals surface area contributed by atoms with Crippen molar-refractivity contribution in [1.82, 2.24) is 15.4 Å². The molecule has 0 aliphatic carbocycles. The molecule has 2 N–H and O–H groups in total. The van der Waals surface area contributed by atoms with Crippen LogP contribution in [-0.4, -0.2) is 48.0 Å². The van der Waals surface area contributed by atoms with E-state index in [0.717, 1.165) is 25.8 Å². The molecule has 1 unspecified atom stereocenters. The van der Waals surface area contributed by atoms with Gasteiger partial charge < -0.3 is 20.1 Å². The molecule has 110 valence electrons. The zero-order chi connectivity index (χ0) is 14.5. The highest BCUT2D eigenvalue weighted by Crippen LogP contribution is 2.10. The minimum absolute atomic E-state index is 0.00290. The first kappa shape index (κ1) is 14.5.